The van der Waals surface area contributed by atoms with E-state index in [1.807, 2.05) is 43.3 Å². The lowest BCUT2D eigenvalue weighted by Gasteiger charge is -2.13. The van der Waals surface area contributed by atoms with E-state index in [1.54, 1.807) is 16.7 Å². The van der Waals surface area contributed by atoms with Crippen LogP contribution in [0.1, 0.15) is 24.1 Å². The quantitative estimate of drug-likeness (QED) is 0.727. The Hall–Kier alpha value is -2.86. The molecule has 0 bridgehead atoms. The third-order valence-corrected chi connectivity index (χ3v) is 4.63. The van der Waals surface area contributed by atoms with E-state index < -0.39 is 0 Å². The predicted octanol–water partition coefficient (Wildman–Crippen LogP) is 3.17. The molecule has 1 aliphatic heterocycles. The fraction of sp³-hybridized carbons (Fsp3) is 0.333. The summed E-state index contributed by atoms with van der Waals surface area (Å²) in [6, 6.07) is 13.2. The topological polar surface area (TPSA) is 64.9 Å². The lowest BCUT2D eigenvalue weighted by atomic mass is 10.2. The van der Waals surface area contributed by atoms with Crippen LogP contribution in [0.15, 0.2) is 53.5 Å². The smallest absolute Gasteiger partial charge is 0.258 e. The maximum atomic E-state index is 12.3. The number of fused-ring (bicyclic) bond motifs is 1. The van der Waals surface area contributed by atoms with Crippen LogP contribution in [0, 0.1) is 6.92 Å². The van der Waals surface area contributed by atoms with Gasteiger partial charge in [0.05, 0.1) is 18.3 Å². The number of aryl methyl sites for hydroxylation is 1. The number of pyridine rings is 1. The average molecular weight is 365 g/mol. The molecule has 3 aromatic rings. The maximum Gasteiger partial charge on any atom is 0.258 e. The van der Waals surface area contributed by atoms with Crippen molar-refractivity contribution in [1.29, 1.82) is 0 Å². The summed E-state index contributed by atoms with van der Waals surface area (Å²) >= 11 is 0. The van der Waals surface area contributed by atoms with Crippen LogP contribution in [-0.2, 0) is 11.3 Å². The summed E-state index contributed by atoms with van der Waals surface area (Å²) in [4.78, 5) is 16.8. The molecule has 0 radical (unpaired) electrons. The molecule has 2 aromatic heterocycles. The Kier molecular flexibility index (Phi) is 5.07. The fourth-order valence-electron chi connectivity index (χ4n) is 3.20. The van der Waals surface area contributed by atoms with Gasteiger partial charge in [-0.3, -0.25) is 9.20 Å². The van der Waals surface area contributed by atoms with Gasteiger partial charge in [0.25, 0.3) is 5.56 Å². The summed E-state index contributed by atoms with van der Waals surface area (Å²) in [5.41, 5.74) is 3.23. The number of ether oxygens (including phenoxy) is 2. The summed E-state index contributed by atoms with van der Waals surface area (Å²) in [6.07, 6.45) is 4.16. The second-order valence-electron chi connectivity index (χ2n) is 6.85. The molecule has 3 heterocycles. The van der Waals surface area contributed by atoms with Crippen molar-refractivity contribution in [2.75, 3.05) is 18.5 Å². The van der Waals surface area contributed by atoms with E-state index in [0.29, 0.717) is 24.5 Å². The molecule has 27 heavy (non-hydrogen) atoms. The Balaban J connectivity index is 1.42. The lowest BCUT2D eigenvalue weighted by Crippen LogP contribution is -2.17. The maximum absolute atomic E-state index is 12.3. The molecular formula is C21H23N3O3. The molecule has 4 rings (SSSR count). The van der Waals surface area contributed by atoms with E-state index >= 15 is 0 Å². The molecular weight excluding hydrogens is 342 g/mol. The minimum absolute atomic E-state index is 0.0749. The van der Waals surface area contributed by atoms with Crippen molar-refractivity contribution in [3.05, 3.63) is 70.3 Å². The van der Waals surface area contributed by atoms with Crippen molar-refractivity contribution in [1.82, 2.24) is 9.38 Å². The number of benzene rings is 1. The standard InChI is InChI=1S/C21H23N3O3/c1-15-7-8-20-23-17(11-21(25)24(20)13-15)12-22-16-4-2-5-18(10-16)27-14-19-6-3-9-26-19/h2,4-5,7-8,10-11,13,19,22H,3,6,9,12,14H2,1H3/t19-/m1/s1. The molecule has 1 saturated heterocycles. The summed E-state index contributed by atoms with van der Waals surface area (Å²) in [6.45, 7) is 3.82. The van der Waals surface area contributed by atoms with Gasteiger partial charge in [-0.2, -0.15) is 0 Å². The van der Waals surface area contributed by atoms with Gasteiger partial charge in [-0.15, -0.1) is 0 Å². The van der Waals surface area contributed by atoms with E-state index in [0.717, 1.165) is 36.4 Å². The van der Waals surface area contributed by atoms with Gasteiger partial charge in [0, 0.05) is 30.6 Å². The zero-order chi connectivity index (χ0) is 18.6. The van der Waals surface area contributed by atoms with Crippen LogP contribution in [0.2, 0.25) is 0 Å². The first-order chi connectivity index (χ1) is 13.2. The van der Waals surface area contributed by atoms with Crippen molar-refractivity contribution in [3.63, 3.8) is 0 Å². The zero-order valence-corrected chi connectivity index (χ0v) is 15.4. The van der Waals surface area contributed by atoms with E-state index in [1.165, 1.54) is 0 Å². The van der Waals surface area contributed by atoms with Crippen molar-refractivity contribution < 1.29 is 9.47 Å². The minimum atomic E-state index is -0.0749. The van der Waals surface area contributed by atoms with Gasteiger partial charge in [-0.25, -0.2) is 4.98 Å². The molecule has 1 aromatic carbocycles. The third kappa shape index (κ3) is 4.28. The highest BCUT2D eigenvalue weighted by Gasteiger charge is 2.16. The van der Waals surface area contributed by atoms with Gasteiger partial charge in [0.1, 0.15) is 18.0 Å². The van der Waals surface area contributed by atoms with Crippen molar-refractivity contribution in [2.24, 2.45) is 0 Å². The highest BCUT2D eigenvalue weighted by Crippen LogP contribution is 2.20. The molecule has 6 nitrogen and oxygen atoms in total. The van der Waals surface area contributed by atoms with E-state index in [2.05, 4.69) is 10.3 Å². The van der Waals surface area contributed by atoms with Gasteiger partial charge < -0.3 is 14.8 Å². The number of nitrogens with zero attached hydrogens (tertiary/aromatic N) is 2. The molecule has 0 saturated carbocycles. The third-order valence-electron chi connectivity index (χ3n) is 4.63. The first-order valence-electron chi connectivity index (χ1n) is 9.25. The molecule has 1 fully saturated rings. The van der Waals surface area contributed by atoms with E-state index in [9.17, 15) is 4.79 Å². The summed E-state index contributed by atoms with van der Waals surface area (Å²) in [5, 5.41) is 3.31. The molecule has 1 aliphatic rings. The Morgan fingerprint density at radius 2 is 2.22 bits per heavy atom. The summed E-state index contributed by atoms with van der Waals surface area (Å²) in [7, 11) is 0. The SMILES string of the molecule is Cc1ccc2nc(CNc3cccc(OC[C@H]4CCCO4)c3)cc(=O)n2c1. The number of anilines is 1. The molecule has 0 amide bonds. The number of rotatable bonds is 6. The van der Waals surface area contributed by atoms with Crippen LogP contribution < -0.4 is 15.6 Å². The fourth-order valence-corrected chi connectivity index (χ4v) is 3.20. The molecule has 1 N–H and O–H groups in total. The Bertz CT molecular complexity index is 993. The van der Waals surface area contributed by atoms with Crippen LogP contribution in [0.3, 0.4) is 0 Å². The van der Waals surface area contributed by atoms with Gasteiger partial charge in [-0.1, -0.05) is 12.1 Å². The van der Waals surface area contributed by atoms with Crippen LogP contribution in [0.25, 0.3) is 5.65 Å². The Labute approximate surface area is 157 Å². The molecule has 1 atom stereocenters. The normalized spacial score (nSPS) is 16.6. The van der Waals surface area contributed by atoms with Gasteiger partial charge in [-0.05, 0) is 43.5 Å². The number of hydrogen-bond donors (Lipinski definition) is 1. The lowest BCUT2D eigenvalue weighted by molar-refractivity contribution is 0.0680. The molecule has 0 spiro atoms. The number of aromatic nitrogens is 2. The minimum Gasteiger partial charge on any atom is -0.491 e. The first kappa shape index (κ1) is 17.5. The predicted molar refractivity (Wildman–Crippen MR) is 104 cm³/mol. The highest BCUT2D eigenvalue weighted by atomic mass is 16.5. The monoisotopic (exact) mass is 365 g/mol. The second-order valence-corrected chi connectivity index (χ2v) is 6.85. The highest BCUT2D eigenvalue weighted by molar-refractivity contribution is 5.48. The summed E-state index contributed by atoms with van der Waals surface area (Å²) in [5.74, 6) is 0.803. The van der Waals surface area contributed by atoms with Crippen molar-refractivity contribution in [3.8, 4) is 5.75 Å². The van der Waals surface area contributed by atoms with Crippen molar-refractivity contribution >= 4 is 11.3 Å². The zero-order valence-electron chi connectivity index (χ0n) is 15.4. The first-order valence-corrected chi connectivity index (χ1v) is 9.25. The Morgan fingerprint density at radius 1 is 1.30 bits per heavy atom. The van der Waals surface area contributed by atoms with Gasteiger partial charge in [0.2, 0.25) is 0 Å². The van der Waals surface area contributed by atoms with Crippen LogP contribution in [0.4, 0.5) is 5.69 Å². The van der Waals surface area contributed by atoms with E-state index in [4.69, 9.17) is 9.47 Å². The number of nitrogens with one attached hydrogen (secondary N) is 1. The Morgan fingerprint density at radius 3 is 3.07 bits per heavy atom. The summed E-state index contributed by atoms with van der Waals surface area (Å²) < 4.78 is 13.0. The van der Waals surface area contributed by atoms with Crippen LogP contribution >= 0.6 is 0 Å². The van der Waals surface area contributed by atoms with Crippen LogP contribution in [-0.4, -0.2) is 28.7 Å². The molecule has 140 valence electrons. The van der Waals surface area contributed by atoms with Gasteiger partial charge in [0.15, 0.2) is 0 Å². The largest absolute Gasteiger partial charge is 0.491 e. The molecule has 0 unspecified atom stereocenters. The van der Waals surface area contributed by atoms with Crippen molar-refractivity contribution in [2.45, 2.75) is 32.4 Å². The van der Waals surface area contributed by atoms with Crippen LogP contribution in [0.5, 0.6) is 5.75 Å². The van der Waals surface area contributed by atoms with E-state index in [-0.39, 0.29) is 11.7 Å². The molecule has 6 heteroatoms. The second kappa shape index (κ2) is 7.80. The molecule has 0 aliphatic carbocycles. The van der Waals surface area contributed by atoms with Gasteiger partial charge >= 0.3 is 0 Å². The average Bonchev–Trinajstić information content (AvgIpc) is 3.19. The number of hydrogen-bond acceptors (Lipinski definition) is 5.